The van der Waals surface area contributed by atoms with Gasteiger partial charge in [-0.05, 0) is 25.3 Å². The van der Waals surface area contributed by atoms with Gasteiger partial charge in [-0.2, -0.15) is 5.10 Å². The van der Waals surface area contributed by atoms with Crippen molar-refractivity contribution in [3.8, 4) is 0 Å². The Labute approximate surface area is 120 Å². The summed E-state index contributed by atoms with van der Waals surface area (Å²) in [6.07, 6.45) is 5.67. The SMILES string of the molecule is CCN(C[C@H]1CCOC1)C(=O)NCCc1cnn(C)c1. The molecule has 0 radical (unpaired) electrons. The van der Waals surface area contributed by atoms with Gasteiger partial charge in [0.2, 0.25) is 0 Å². The summed E-state index contributed by atoms with van der Waals surface area (Å²) in [4.78, 5) is 14.0. The Morgan fingerprint density at radius 1 is 1.65 bits per heavy atom. The molecule has 1 saturated heterocycles. The summed E-state index contributed by atoms with van der Waals surface area (Å²) in [7, 11) is 1.89. The van der Waals surface area contributed by atoms with Crippen molar-refractivity contribution in [2.75, 3.05) is 32.8 Å². The number of urea groups is 1. The summed E-state index contributed by atoms with van der Waals surface area (Å²) in [5, 5.41) is 7.09. The Morgan fingerprint density at radius 2 is 2.50 bits per heavy atom. The Morgan fingerprint density at radius 3 is 3.10 bits per heavy atom. The first-order chi connectivity index (χ1) is 9.69. The number of aryl methyl sites for hydroxylation is 1. The Bertz CT molecular complexity index is 427. The Hall–Kier alpha value is -1.56. The van der Waals surface area contributed by atoms with Crippen LogP contribution in [0.1, 0.15) is 18.9 Å². The molecule has 0 spiro atoms. The van der Waals surface area contributed by atoms with Crippen molar-refractivity contribution in [2.45, 2.75) is 19.8 Å². The molecule has 0 bridgehead atoms. The molecule has 2 heterocycles. The minimum atomic E-state index is 0.0169. The molecule has 1 aliphatic rings. The first-order valence-electron chi connectivity index (χ1n) is 7.27. The maximum atomic E-state index is 12.1. The van der Waals surface area contributed by atoms with Crippen LogP contribution in [0.3, 0.4) is 0 Å². The van der Waals surface area contributed by atoms with E-state index in [1.165, 1.54) is 0 Å². The van der Waals surface area contributed by atoms with Crippen molar-refractivity contribution in [2.24, 2.45) is 13.0 Å². The summed E-state index contributed by atoms with van der Waals surface area (Å²) in [5.41, 5.74) is 1.14. The first-order valence-corrected chi connectivity index (χ1v) is 7.27. The van der Waals surface area contributed by atoms with Gasteiger partial charge in [0, 0.05) is 45.4 Å². The molecular weight excluding hydrogens is 256 g/mol. The highest BCUT2D eigenvalue weighted by Gasteiger charge is 2.21. The third-order valence-corrected chi connectivity index (χ3v) is 3.62. The number of hydrogen-bond donors (Lipinski definition) is 1. The van der Waals surface area contributed by atoms with Crippen LogP contribution in [0.2, 0.25) is 0 Å². The van der Waals surface area contributed by atoms with Gasteiger partial charge < -0.3 is 15.0 Å². The Balaban J connectivity index is 1.71. The van der Waals surface area contributed by atoms with Crippen molar-refractivity contribution in [1.82, 2.24) is 20.0 Å². The van der Waals surface area contributed by atoms with Crippen molar-refractivity contribution in [3.63, 3.8) is 0 Å². The van der Waals surface area contributed by atoms with Gasteiger partial charge in [0.15, 0.2) is 0 Å². The fraction of sp³-hybridized carbons (Fsp3) is 0.714. The molecule has 2 rings (SSSR count). The van der Waals surface area contributed by atoms with Crippen LogP contribution in [0.15, 0.2) is 12.4 Å². The van der Waals surface area contributed by atoms with E-state index in [1.807, 2.05) is 31.3 Å². The van der Waals surface area contributed by atoms with Crippen LogP contribution in [0, 0.1) is 5.92 Å². The van der Waals surface area contributed by atoms with Gasteiger partial charge in [-0.25, -0.2) is 4.79 Å². The quantitative estimate of drug-likeness (QED) is 0.846. The summed E-state index contributed by atoms with van der Waals surface area (Å²) >= 11 is 0. The van der Waals surface area contributed by atoms with Crippen molar-refractivity contribution in [1.29, 1.82) is 0 Å². The number of rotatable bonds is 6. The van der Waals surface area contributed by atoms with Crippen molar-refractivity contribution >= 4 is 6.03 Å². The van der Waals surface area contributed by atoms with Crippen LogP contribution in [0.5, 0.6) is 0 Å². The van der Waals surface area contributed by atoms with E-state index in [1.54, 1.807) is 4.68 Å². The average molecular weight is 280 g/mol. The van der Waals surface area contributed by atoms with E-state index in [2.05, 4.69) is 10.4 Å². The topological polar surface area (TPSA) is 59.4 Å². The summed E-state index contributed by atoms with van der Waals surface area (Å²) in [6.45, 7) is 5.77. The summed E-state index contributed by atoms with van der Waals surface area (Å²) < 4.78 is 7.13. The molecule has 2 amide bonds. The molecule has 20 heavy (non-hydrogen) atoms. The van der Waals surface area contributed by atoms with Gasteiger partial charge in [0.1, 0.15) is 0 Å². The minimum Gasteiger partial charge on any atom is -0.381 e. The van der Waals surface area contributed by atoms with E-state index in [0.29, 0.717) is 12.5 Å². The van der Waals surface area contributed by atoms with Crippen LogP contribution in [0.25, 0.3) is 0 Å². The molecule has 1 N–H and O–H groups in total. The molecule has 0 saturated carbocycles. The fourth-order valence-electron chi connectivity index (χ4n) is 2.42. The third-order valence-electron chi connectivity index (χ3n) is 3.62. The zero-order valence-electron chi connectivity index (χ0n) is 12.3. The number of ether oxygens (including phenoxy) is 1. The van der Waals surface area contributed by atoms with E-state index >= 15 is 0 Å². The molecule has 6 nitrogen and oxygen atoms in total. The van der Waals surface area contributed by atoms with Crippen LogP contribution in [-0.2, 0) is 18.2 Å². The van der Waals surface area contributed by atoms with Crippen LogP contribution in [0.4, 0.5) is 4.79 Å². The standard InChI is InChI=1S/C14H24N4O2/c1-3-18(10-13-5-7-20-11-13)14(19)15-6-4-12-8-16-17(2)9-12/h8-9,13H,3-7,10-11H2,1-2H3,(H,15,19)/t13-/m1/s1. The van der Waals surface area contributed by atoms with E-state index in [-0.39, 0.29) is 6.03 Å². The predicted molar refractivity (Wildman–Crippen MR) is 76.5 cm³/mol. The highest BCUT2D eigenvalue weighted by Crippen LogP contribution is 2.13. The second-order valence-electron chi connectivity index (χ2n) is 5.27. The number of nitrogens with one attached hydrogen (secondary N) is 1. The molecule has 1 aliphatic heterocycles. The summed E-state index contributed by atoms with van der Waals surface area (Å²) in [6, 6.07) is 0.0169. The molecule has 1 aromatic rings. The number of hydrogen-bond acceptors (Lipinski definition) is 3. The number of carbonyl (C=O) groups is 1. The lowest BCUT2D eigenvalue weighted by atomic mass is 10.1. The number of carbonyl (C=O) groups excluding carboxylic acids is 1. The maximum absolute atomic E-state index is 12.1. The highest BCUT2D eigenvalue weighted by atomic mass is 16.5. The van der Waals surface area contributed by atoms with Crippen LogP contribution < -0.4 is 5.32 Å². The first kappa shape index (κ1) is 14.8. The molecular formula is C14H24N4O2. The average Bonchev–Trinajstić information content (AvgIpc) is 3.07. The number of amides is 2. The molecule has 1 atom stereocenters. The third kappa shape index (κ3) is 4.23. The van der Waals surface area contributed by atoms with Gasteiger partial charge in [-0.15, -0.1) is 0 Å². The predicted octanol–water partition coefficient (Wildman–Crippen LogP) is 1.03. The number of nitrogens with zero attached hydrogens (tertiary/aromatic N) is 3. The largest absolute Gasteiger partial charge is 0.381 e. The van der Waals surface area contributed by atoms with Gasteiger partial charge in [0.25, 0.3) is 0 Å². The Kier molecular flexibility index (Phi) is 5.40. The zero-order valence-corrected chi connectivity index (χ0v) is 12.3. The molecule has 1 aromatic heterocycles. The van der Waals surface area contributed by atoms with E-state index in [9.17, 15) is 4.79 Å². The molecule has 6 heteroatoms. The highest BCUT2D eigenvalue weighted by molar-refractivity contribution is 5.74. The molecule has 0 unspecified atom stereocenters. The van der Waals surface area contributed by atoms with Crippen molar-refractivity contribution in [3.05, 3.63) is 18.0 Å². The lowest BCUT2D eigenvalue weighted by Crippen LogP contribution is -2.43. The van der Waals surface area contributed by atoms with Crippen LogP contribution in [-0.4, -0.2) is 53.6 Å². The van der Waals surface area contributed by atoms with E-state index in [0.717, 1.165) is 44.7 Å². The fourth-order valence-corrected chi connectivity index (χ4v) is 2.42. The normalized spacial score (nSPS) is 18.2. The van der Waals surface area contributed by atoms with Gasteiger partial charge in [0.05, 0.1) is 12.8 Å². The van der Waals surface area contributed by atoms with Gasteiger partial charge in [-0.1, -0.05) is 0 Å². The van der Waals surface area contributed by atoms with E-state index < -0.39 is 0 Å². The van der Waals surface area contributed by atoms with Crippen molar-refractivity contribution < 1.29 is 9.53 Å². The number of aromatic nitrogens is 2. The molecule has 1 fully saturated rings. The van der Waals surface area contributed by atoms with Gasteiger partial charge in [-0.3, -0.25) is 4.68 Å². The smallest absolute Gasteiger partial charge is 0.317 e. The second-order valence-corrected chi connectivity index (χ2v) is 5.27. The molecule has 112 valence electrons. The maximum Gasteiger partial charge on any atom is 0.317 e. The summed E-state index contributed by atoms with van der Waals surface area (Å²) in [5.74, 6) is 0.485. The zero-order chi connectivity index (χ0) is 14.4. The second kappa shape index (κ2) is 7.28. The van der Waals surface area contributed by atoms with Crippen LogP contribution >= 0.6 is 0 Å². The minimum absolute atomic E-state index is 0.0169. The van der Waals surface area contributed by atoms with Gasteiger partial charge >= 0.3 is 6.03 Å². The van der Waals surface area contributed by atoms with E-state index in [4.69, 9.17) is 4.74 Å². The monoisotopic (exact) mass is 280 g/mol. The molecule has 0 aliphatic carbocycles. The lowest BCUT2D eigenvalue weighted by molar-refractivity contribution is 0.166. The molecule has 0 aromatic carbocycles. The lowest BCUT2D eigenvalue weighted by Gasteiger charge is -2.24.